The van der Waals surface area contributed by atoms with Gasteiger partial charge in [0.1, 0.15) is 5.75 Å². The van der Waals surface area contributed by atoms with Crippen molar-refractivity contribution < 1.29 is 4.74 Å². The molecule has 0 unspecified atom stereocenters. The van der Waals surface area contributed by atoms with E-state index in [0.29, 0.717) is 12.0 Å². The SMILES string of the molecule is CC(C)CNc1ccc(OC2CCCC2)cc1. The first-order chi connectivity index (χ1) is 8.24. The Morgan fingerprint density at radius 1 is 1.18 bits per heavy atom. The maximum Gasteiger partial charge on any atom is 0.119 e. The highest BCUT2D eigenvalue weighted by molar-refractivity contribution is 5.46. The summed E-state index contributed by atoms with van der Waals surface area (Å²) in [6.45, 7) is 5.44. The minimum Gasteiger partial charge on any atom is -0.490 e. The van der Waals surface area contributed by atoms with E-state index in [0.717, 1.165) is 12.3 Å². The van der Waals surface area contributed by atoms with Gasteiger partial charge >= 0.3 is 0 Å². The summed E-state index contributed by atoms with van der Waals surface area (Å²) in [5, 5.41) is 3.41. The molecular formula is C15H23NO. The van der Waals surface area contributed by atoms with Gasteiger partial charge in [-0.3, -0.25) is 0 Å². The van der Waals surface area contributed by atoms with E-state index in [1.807, 2.05) is 0 Å². The second kappa shape index (κ2) is 5.95. The van der Waals surface area contributed by atoms with Gasteiger partial charge in [0.2, 0.25) is 0 Å². The molecule has 1 N–H and O–H groups in total. The summed E-state index contributed by atoms with van der Waals surface area (Å²) in [5.41, 5.74) is 1.18. The average Bonchev–Trinajstić information content (AvgIpc) is 2.81. The normalized spacial score (nSPS) is 16.4. The molecule has 94 valence electrons. The molecule has 0 amide bonds. The monoisotopic (exact) mass is 233 g/mol. The third-order valence-corrected chi connectivity index (χ3v) is 3.17. The molecule has 2 heteroatoms. The zero-order chi connectivity index (χ0) is 12.1. The molecule has 0 bridgehead atoms. The molecule has 1 fully saturated rings. The van der Waals surface area contributed by atoms with E-state index >= 15 is 0 Å². The first-order valence-electron chi connectivity index (χ1n) is 6.74. The number of anilines is 1. The number of hydrogen-bond donors (Lipinski definition) is 1. The lowest BCUT2D eigenvalue weighted by Gasteiger charge is -2.14. The van der Waals surface area contributed by atoms with Crippen LogP contribution in [-0.4, -0.2) is 12.6 Å². The molecular weight excluding hydrogens is 210 g/mol. The maximum absolute atomic E-state index is 5.93. The average molecular weight is 233 g/mol. The number of rotatable bonds is 5. The van der Waals surface area contributed by atoms with Crippen LogP contribution in [0.1, 0.15) is 39.5 Å². The molecule has 1 aromatic carbocycles. The summed E-state index contributed by atoms with van der Waals surface area (Å²) in [6, 6.07) is 8.35. The van der Waals surface area contributed by atoms with Crippen molar-refractivity contribution in [3.63, 3.8) is 0 Å². The van der Waals surface area contributed by atoms with Crippen molar-refractivity contribution >= 4 is 5.69 Å². The van der Waals surface area contributed by atoms with E-state index in [-0.39, 0.29) is 0 Å². The van der Waals surface area contributed by atoms with Crippen molar-refractivity contribution in [1.29, 1.82) is 0 Å². The fourth-order valence-electron chi connectivity index (χ4n) is 2.17. The Hall–Kier alpha value is -1.18. The molecule has 0 saturated heterocycles. The van der Waals surface area contributed by atoms with Crippen molar-refractivity contribution in [2.75, 3.05) is 11.9 Å². The zero-order valence-electron chi connectivity index (χ0n) is 10.9. The molecule has 1 aliphatic carbocycles. The lowest BCUT2D eigenvalue weighted by Crippen LogP contribution is -2.11. The highest BCUT2D eigenvalue weighted by Gasteiger charge is 2.16. The number of nitrogens with one attached hydrogen (secondary N) is 1. The Bertz CT molecular complexity index is 325. The first kappa shape index (κ1) is 12.3. The van der Waals surface area contributed by atoms with Crippen molar-refractivity contribution in [2.24, 2.45) is 5.92 Å². The number of ether oxygens (including phenoxy) is 1. The van der Waals surface area contributed by atoms with E-state index in [4.69, 9.17) is 4.74 Å². The Labute approximate surface area is 104 Å². The van der Waals surface area contributed by atoms with E-state index in [1.165, 1.54) is 31.4 Å². The van der Waals surface area contributed by atoms with Crippen LogP contribution in [0.4, 0.5) is 5.69 Å². The van der Waals surface area contributed by atoms with Crippen LogP contribution >= 0.6 is 0 Å². The van der Waals surface area contributed by atoms with Gasteiger partial charge in [0.25, 0.3) is 0 Å². The van der Waals surface area contributed by atoms with E-state index < -0.39 is 0 Å². The second-order valence-electron chi connectivity index (χ2n) is 5.32. The van der Waals surface area contributed by atoms with Crippen LogP contribution in [0, 0.1) is 5.92 Å². The Balaban J connectivity index is 1.84. The quantitative estimate of drug-likeness (QED) is 0.827. The Morgan fingerprint density at radius 2 is 1.82 bits per heavy atom. The summed E-state index contributed by atoms with van der Waals surface area (Å²) in [7, 11) is 0. The van der Waals surface area contributed by atoms with Gasteiger partial charge < -0.3 is 10.1 Å². The second-order valence-corrected chi connectivity index (χ2v) is 5.32. The summed E-state index contributed by atoms with van der Waals surface area (Å²) >= 11 is 0. The molecule has 1 saturated carbocycles. The van der Waals surface area contributed by atoms with Crippen LogP contribution < -0.4 is 10.1 Å². The molecule has 2 nitrogen and oxygen atoms in total. The topological polar surface area (TPSA) is 21.3 Å². The molecule has 0 atom stereocenters. The van der Waals surface area contributed by atoms with Crippen LogP contribution in [-0.2, 0) is 0 Å². The summed E-state index contributed by atoms with van der Waals surface area (Å²) in [6.07, 6.45) is 5.52. The summed E-state index contributed by atoms with van der Waals surface area (Å²) in [4.78, 5) is 0. The number of hydrogen-bond acceptors (Lipinski definition) is 2. The van der Waals surface area contributed by atoms with Gasteiger partial charge in [-0.15, -0.1) is 0 Å². The van der Waals surface area contributed by atoms with Crippen LogP contribution in [0.3, 0.4) is 0 Å². The van der Waals surface area contributed by atoms with E-state index in [2.05, 4.69) is 43.4 Å². The van der Waals surface area contributed by atoms with Crippen LogP contribution in [0.5, 0.6) is 5.75 Å². The van der Waals surface area contributed by atoms with E-state index in [9.17, 15) is 0 Å². The number of benzene rings is 1. The standard InChI is InChI=1S/C15H23NO/c1-12(2)11-16-13-7-9-15(10-8-13)17-14-5-3-4-6-14/h7-10,12,14,16H,3-6,11H2,1-2H3. The van der Waals surface area contributed by atoms with Gasteiger partial charge in [-0.25, -0.2) is 0 Å². The Morgan fingerprint density at radius 3 is 2.41 bits per heavy atom. The molecule has 1 aliphatic rings. The van der Waals surface area contributed by atoms with Crippen molar-refractivity contribution in [1.82, 2.24) is 0 Å². The Kier molecular flexibility index (Phi) is 4.29. The highest BCUT2D eigenvalue weighted by Crippen LogP contribution is 2.24. The van der Waals surface area contributed by atoms with Gasteiger partial charge in [0.05, 0.1) is 6.10 Å². The largest absolute Gasteiger partial charge is 0.490 e. The fourth-order valence-corrected chi connectivity index (χ4v) is 2.17. The smallest absolute Gasteiger partial charge is 0.119 e. The molecule has 17 heavy (non-hydrogen) atoms. The van der Waals surface area contributed by atoms with E-state index in [1.54, 1.807) is 0 Å². The van der Waals surface area contributed by atoms with Crippen LogP contribution in [0.25, 0.3) is 0 Å². The third kappa shape index (κ3) is 3.95. The lowest BCUT2D eigenvalue weighted by atomic mass is 10.2. The first-order valence-corrected chi connectivity index (χ1v) is 6.74. The van der Waals surface area contributed by atoms with Crippen molar-refractivity contribution in [3.8, 4) is 5.75 Å². The van der Waals surface area contributed by atoms with Gasteiger partial charge in [-0.2, -0.15) is 0 Å². The molecule has 0 radical (unpaired) electrons. The highest BCUT2D eigenvalue weighted by atomic mass is 16.5. The fraction of sp³-hybridized carbons (Fsp3) is 0.600. The van der Waals surface area contributed by atoms with Gasteiger partial charge in [-0.1, -0.05) is 13.8 Å². The van der Waals surface area contributed by atoms with Gasteiger partial charge in [0, 0.05) is 12.2 Å². The molecule has 2 rings (SSSR count). The predicted octanol–water partition coefficient (Wildman–Crippen LogP) is 4.08. The molecule has 0 heterocycles. The molecule has 1 aromatic rings. The maximum atomic E-state index is 5.93. The predicted molar refractivity (Wildman–Crippen MR) is 72.7 cm³/mol. The zero-order valence-corrected chi connectivity index (χ0v) is 10.9. The minimum atomic E-state index is 0.449. The van der Waals surface area contributed by atoms with Gasteiger partial charge in [0.15, 0.2) is 0 Å². The summed E-state index contributed by atoms with van der Waals surface area (Å²) in [5.74, 6) is 1.68. The molecule has 0 spiro atoms. The van der Waals surface area contributed by atoms with Gasteiger partial charge in [-0.05, 0) is 55.9 Å². The van der Waals surface area contributed by atoms with Crippen LogP contribution in [0.2, 0.25) is 0 Å². The van der Waals surface area contributed by atoms with Crippen molar-refractivity contribution in [2.45, 2.75) is 45.6 Å². The molecule has 0 aliphatic heterocycles. The van der Waals surface area contributed by atoms with Crippen molar-refractivity contribution in [3.05, 3.63) is 24.3 Å². The third-order valence-electron chi connectivity index (χ3n) is 3.17. The minimum absolute atomic E-state index is 0.449. The summed E-state index contributed by atoms with van der Waals surface area (Å²) < 4.78 is 5.93. The lowest BCUT2D eigenvalue weighted by molar-refractivity contribution is 0.210. The van der Waals surface area contributed by atoms with Crippen LogP contribution in [0.15, 0.2) is 24.3 Å². The molecule has 0 aromatic heterocycles.